The summed E-state index contributed by atoms with van der Waals surface area (Å²) >= 11 is 0. The van der Waals surface area contributed by atoms with Crippen molar-refractivity contribution in [2.75, 3.05) is 13.7 Å². The first-order valence-electron chi connectivity index (χ1n) is 8.18. The Labute approximate surface area is 146 Å². The summed E-state index contributed by atoms with van der Waals surface area (Å²) < 4.78 is 18.7. The van der Waals surface area contributed by atoms with Crippen LogP contribution in [0.15, 0.2) is 64.4 Å². The topological polar surface area (TPSA) is 46.5 Å². The third-order valence-electron chi connectivity index (χ3n) is 3.75. The Morgan fingerprint density at radius 2 is 2.04 bits per heavy atom. The van der Waals surface area contributed by atoms with Crippen molar-refractivity contribution in [2.45, 2.75) is 31.1 Å². The Kier molecular flexibility index (Phi) is 7.22. The molecule has 0 aliphatic carbocycles. The van der Waals surface area contributed by atoms with Crippen molar-refractivity contribution in [3.63, 3.8) is 0 Å². The molecule has 0 fully saturated rings. The number of unbranched alkanes of at least 4 members (excludes halogenated alkanes) is 2. The Morgan fingerprint density at radius 3 is 2.75 bits per heavy atom. The van der Waals surface area contributed by atoms with Crippen LogP contribution in [0.3, 0.4) is 0 Å². The number of methoxy groups -OCH3 is 1. The highest BCUT2D eigenvalue weighted by molar-refractivity contribution is 7.89. The van der Waals surface area contributed by atoms with Gasteiger partial charge in [-0.3, -0.25) is 0 Å². The quantitative estimate of drug-likeness (QED) is 0.563. The fourth-order valence-electron chi connectivity index (χ4n) is 2.52. The lowest BCUT2D eigenvalue weighted by Gasteiger charge is -2.12. The number of hydrogen-bond donors (Lipinski definition) is 1. The van der Waals surface area contributed by atoms with Gasteiger partial charge in [0.1, 0.15) is 5.75 Å². The molecule has 24 heavy (non-hydrogen) atoms. The molecule has 0 saturated heterocycles. The van der Waals surface area contributed by atoms with E-state index in [1.54, 1.807) is 19.3 Å². The van der Waals surface area contributed by atoms with Gasteiger partial charge in [-0.1, -0.05) is 62.2 Å². The smallest absolute Gasteiger partial charge is 0.136 e. The second-order valence-electron chi connectivity index (χ2n) is 5.42. The number of rotatable bonds is 8. The third kappa shape index (κ3) is 4.34. The van der Waals surface area contributed by atoms with Crippen molar-refractivity contribution < 1.29 is 14.1 Å². The molecule has 0 aliphatic heterocycles. The monoisotopic (exact) mass is 344 g/mol. The lowest BCUT2D eigenvalue weighted by Crippen LogP contribution is -2.00. The summed E-state index contributed by atoms with van der Waals surface area (Å²) in [6, 6.07) is 11.7. The number of hydrogen-bond acceptors (Lipinski definition) is 3. The zero-order valence-electron chi connectivity index (χ0n) is 14.2. The maximum absolute atomic E-state index is 13.3. The Hall–Kier alpha value is -1.91. The van der Waals surface area contributed by atoms with Crippen LogP contribution in [0.5, 0.6) is 5.75 Å². The third-order valence-corrected chi connectivity index (χ3v) is 5.28. The van der Waals surface area contributed by atoms with Gasteiger partial charge in [0.2, 0.25) is 0 Å². The molecule has 4 heteroatoms. The Morgan fingerprint density at radius 1 is 1.25 bits per heavy atom. The molecule has 1 N–H and O–H groups in total. The zero-order chi connectivity index (χ0) is 17.4. The molecule has 0 amide bonds. The molecule has 0 bridgehead atoms. The second-order valence-corrected chi connectivity index (χ2v) is 6.84. The van der Waals surface area contributed by atoms with Crippen molar-refractivity contribution in [1.82, 2.24) is 0 Å². The molecule has 2 aromatic carbocycles. The SMILES string of the molecule is CCCC/C=C(/C=C/CO)S(=O)c1c(OC)ccc2ccccc12. The van der Waals surface area contributed by atoms with Gasteiger partial charge >= 0.3 is 0 Å². The first-order valence-corrected chi connectivity index (χ1v) is 9.33. The van der Waals surface area contributed by atoms with E-state index in [1.165, 1.54) is 0 Å². The van der Waals surface area contributed by atoms with Crippen molar-refractivity contribution in [3.05, 3.63) is 59.5 Å². The number of benzene rings is 2. The normalized spacial score (nSPS) is 13.5. The zero-order valence-corrected chi connectivity index (χ0v) is 15.0. The highest BCUT2D eigenvalue weighted by atomic mass is 32.2. The molecule has 0 spiro atoms. The summed E-state index contributed by atoms with van der Waals surface area (Å²) in [5, 5.41) is 11.0. The van der Waals surface area contributed by atoms with Crippen molar-refractivity contribution in [1.29, 1.82) is 0 Å². The molecule has 0 aliphatic rings. The molecule has 0 aromatic heterocycles. The Bertz CT molecular complexity index is 763. The number of aliphatic hydroxyl groups excluding tert-OH is 1. The molecule has 128 valence electrons. The minimum absolute atomic E-state index is 0.0744. The molecule has 1 unspecified atom stereocenters. The van der Waals surface area contributed by atoms with Crippen molar-refractivity contribution >= 4 is 21.6 Å². The number of allylic oxidation sites excluding steroid dienone is 2. The predicted octanol–water partition coefficient (Wildman–Crippen LogP) is 4.58. The molecular formula is C20H24O3S. The van der Waals surface area contributed by atoms with E-state index < -0.39 is 10.8 Å². The maximum Gasteiger partial charge on any atom is 0.136 e. The molecule has 2 rings (SSSR count). The molecule has 0 saturated carbocycles. The fourth-order valence-corrected chi connectivity index (χ4v) is 3.96. The summed E-state index contributed by atoms with van der Waals surface area (Å²) in [4.78, 5) is 1.38. The molecule has 0 heterocycles. The second kappa shape index (κ2) is 9.40. The van der Waals surface area contributed by atoms with E-state index in [1.807, 2.05) is 42.5 Å². The number of fused-ring (bicyclic) bond motifs is 1. The lowest BCUT2D eigenvalue weighted by atomic mass is 10.1. The van der Waals surface area contributed by atoms with Gasteiger partial charge in [0, 0.05) is 10.3 Å². The molecule has 1 atom stereocenters. The van der Waals surface area contributed by atoms with Crippen LogP contribution in [0, 0.1) is 0 Å². The van der Waals surface area contributed by atoms with E-state index in [9.17, 15) is 4.21 Å². The van der Waals surface area contributed by atoms with E-state index in [2.05, 4.69) is 6.92 Å². The standard InChI is InChI=1S/C20H24O3S/c1-3-4-5-10-17(11-8-15-21)24(22)20-18-12-7-6-9-16(18)13-14-19(20)23-2/h6-14,21H,3-5,15H2,1-2H3/b11-8+,17-10-. The molecule has 3 nitrogen and oxygen atoms in total. The van der Waals surface area contributed by atoms with Crippen LogP contribution in [0.1, 0.15) is 26.2 Å². The van der Waals surface area contributed by atoms with Gasteiger partial charge in [-0.05, 0) is 23.9 Å². The van der Waals surface area contributed by atoms with Gasteiger partial charge in [-0.25, -0.2) is 4.21 Å². The highest BCUT2D eigenvalue weighted by Gasteiger charge is 2.17. The minimum Gasteiger partial charge on any atom is -0.495 e. The van der Waals surface area contributed by atoms with Crippen LogP contribution in [-0.4, -0.2) is 23.0 Å². The predicted molar refractivity (Wildman–Crippen MR) is 101 cm³/mol. The summed E-state index contributed by atoms with van der Waals surface area (Å²) in [5.74, 6) is 0.617. The van der Waals surface area contributed by atoms with E-state index in [0.29, 0.717) is 15.6 Å². The van der Waals surface area contributed by atoms with Crippen LogP contribution >= 0.6 is 0 Å². The van der Waals surface area contributed by atoms with E-state index >= 15 is 0 Å². The lowest BCUT2D eigenvalue weighted by molar-refractivity contribution is 0.342. The highest BCUT2D eigenvalue weighted by Crippen LogP contribution is 2.33. The molecule has 0 radical (unpaired) electrons. The molecular weight excluding hydrogens is 320 g/mol. The van der Waals surface area contributed by atoms with Gasteiger partial charge in [0.15, 0.2) is 0 Å². The van der Waals surface area contributed by atoms with Crippen LogP contribution in [0.25, 0.3) is 10.8 Å². The average molecular weight is 344 g/mol. The largest absolute Gasteiger partial charge is 0.495 e. The van der Waals surface area contributed by atoms with Crippen LogP contribution in [-0.2, 0) is 10.8 Å². The Balaban J connectivity index is 2.54. The summed E-state index contributed by atoms with van der Waals surface area (Å²) in [7, 11) is 0.218. The summed E-state index contributed by atoms with van der Waals surface area (Å²) in [6.07, 6.45) is 8.34. The van der Waals surface area contributed by atoms with Crippen LogP contribution < -0.4 is 4.74 Å². The van der Waals surface area contributed by atoms with E-state index in [-0.39, 0.29) is 6.61 Å². The maximum atomic E-state index is 13.3. The number of ether oxygens (including phenoxy) is 1. The van der Waals surface area contributed by atoms with Crippen LogP contribution in [0.2, 0.25) is 0 Å². The summed E-state index contributed by atoms with van der Waals surface area (Å²) in [6.45, 7) is 2.05. The first-order chi connectivity index (χ1) is 11.7. The van der Waals surface area contributed by atoms with Crippen molar-refractivity contribution in [2.24, 2.45) is 0 Å². The number of aliphatic hydroxyl groups is 1. The van der Waals surface area contributed by atoms with E-state index in [4.69, 9.17) is 9.84 Å². The van der Waals surface area contributed by atoms with Gasteiger partial charge in [-0.2, -0.15) is 0 Å². The van der Waals surface area contributed by atoms with Crippen LogP contribution in [0.4, 0.5) is 0 Å². The van der Waals surface area contributed by atoms with Crippen molar-refractivity contribution in [3.8, 4) is 5.75 Å². The van der Waals surface area contributed by atoms with Gasteiger partial charge in [-0.15, -0.1) is 0 Å². The van der Waals surface area contributed by atoms with E-state index in [0.717, 1.165) is 30.0 Å². The van der Waals surface area contributed by atoms with Gasteiger partial charge in [0.25, 0.3) is 0 Å². The fraction of sp³-hybridized carbons (Fsp3) is 0.300. The minimum atomic E-state index is -1.37. The average Bonchev–Trinajstić information content (AvgIpc) is 2.63. The summed E-state index contributed by atoms with van der Waals surface area (Å²) in [5.41, 5.74) is 0. The van der Waals surface area contributed by atoms with Gasteiger partial charge in [0.05, 0.1) is 29.4 Å². The first kappa shape index (κ1) is 18.4. The molecule has 2 aromatic rings. The van der Waals surface area contributed by atoms with Gasteiger partial charge < -0.3 is 9.84 Å².